The Bertz CT molecular complexity index is 1120. The zero-order valence-electron chi connectivity index (χ0n) is 18.0. The van der Waals surface area contributed by atoms with E-state index in [4.69, 9.17) is 0 Å². The highest BCUT2D eigenvalue weighted by Gasteiger charge is 2.62. The van der Waals surface area contributed by atoms with Crippen molar-refractivity contribution in [3.63, 3.8) is 0 Å². The summed E-state index contributed by atoms with van der Waals surface area (Å²) >= 11 is 0. The molecule has 8 atom stereocenters. The van der Waals surface area contributed by atoms with Crippen LogP contribution in [0.5, 0.6) is 0 Å². The van der Waals surface area contributed by atoms with E-state index in [1.165, 1.54) is 20.9 Å². The molecule has 1 aromatic rings. The predicted molar refractivity (Wildman–Crippen MR) is 116 cm³/mol. The molecule has 4 aliphatic carbocycles. The first-order valence-corrected chi connectivity index (χ1v) is 11.6. The summed E-state index contributed by atoms with van der Waals surface area (Å²) in [6, 6.07) is 6.84. The number of rotatable bonds is 2. The number of benzene rings is 1. The summed E-state index contributed by atoms with van der Waals surface area (Å²) < 4.78 is 0. The third kappa shape index (κ3) is 2.02. The van der Waals surface area contributed by atoms with Gasteiger partial charge in [0, 0.05) is 0 Å². The van der Waals surface area contributed by atoms with Crippen molar-refractivity contribution >= 4 is 35.0 Å². The Balaban J connectivity index is 1.23. The standard InChI is InChI=1S/C26H24N2O4/c1-11-6-13-8-17(11)21-19(13)23(29)27(25(21)31)15-4-3-5-16(10-15)28-24(30)20-14-7-12(2)18(9-14)22(20)26(28)32/h3-7,10,13-14,17-22H,8-9H2,1-2H3/t13-,14+,17+,18-,19-,20-,21-,22+/m1/s1. The van der Waals surface area contributed by atoms with Crippen molar-refractivity contribution in [2.24, 2.45) is 47.3 Å². The molecule has 0 spiro atoms. The number of imide groups is 2. The Kier molecular flexibility index (Phi) is 3.39. The highest BCUT2D eigenvalue weighted by Crippen LogP contribution is 2.57. The number of carbonyl (C=O) groups excluding carboxylic acids is 4. The monoisotopic (exact) mass is 428 g/mol. The predicted octanol–water partition coefficient (Wildman–Crippen LogP) is 3.09. The second-order valence-electron chi connectivity index (χ2n) is 10.5. The molecular weight excluding hydrogens is 404 g/mol. The van der Waals surface area contributed by atoms with E-state index in [9.17, 15) is 19.2 Å². The van der Waals surface area contributed by atoms with E-state index < -0.39 is 0 Å². The molecule has 6 nitrogen and oxygen atoms in total. The molecule has 2 heterocycles. The second-order valence-corrected chi connectivity index (χ2v) is 10.5. The fourth-order valence-electron chi connectivity index (χ4n) is 7.83. The van der Waals surface area contributed by atoms with E-state index in [2.05, 4.69) is 12.2 Å². The average molecular weight is 428 g/mol. The summed E-state index contributed by atoms with van der Waals surface area (Å²) in [5.74, 6) is -1.12. The van der Waals surface area contributed by atoms with Crippen molar-refractivity contribution in [2.75, 3.05) is 9.80 Å². The number of hydrogen-bond donors (Lipinski definition) is 0. The fourth-order valence-corrected chi connectivity index (χ4v) is 7.83. The van der Waals surface area contributed by atoms with Crippen molar-refractivity contribution in [3.8, 4) is 0 Å². The van der Waals surface area contributed by atoms with Gasteiger partial charge in [-0.15, -0.1) is 0 Å². The molecule has 2 saturated heterocycles. The molecule has 4 fully saturated rings. The van der Waals surface area contributed by atoms with Crippen molar-refractivity contribution in [3.05, 3.63) is 47.6 Å². The largest absolute Gasteiger partial charge is 0.274 e. The summed E-state index contributed by atoms with van der Waals surface area (Å²) in [5.41, 5.74) is 3.34. The molecule has 162 valence electrons. The molecule has 32 heavy (non-hydrogen) atoms. The summed E-state index contributed by atoms with van der Waals surface area (Å²) in [5, 5.41) is 0. The lowest BCUT2D eigenvalue weighted by Crippen LogP contribution is -2.35. The number of amides is 4. The number of nitrogens with zero attached hydrogens (tertiary/aromatic N) is 2. The van der Waals surface area contributed by atoms with Gasteiger partial charge in [0.25, 0.3) is 0 Å². The molecule has 2 aliphatic heterocycles. The Morgan fingerprint density at radius 3 is 1.50 bits per heavy atom. The van der Waals surface area contributed by atoms with Crippen LogP contribution in [-0.4, -0.2) is 23.6 Å². The van der Waals surface area contributed by atoms with E-state index in [1.54, 1.807) is 24.3 Å². The van der Waals surface area contributed by atoms with Gasteiger partial charge in [0.2, 0.25) is 23.6 Å². The van der Waals surface area contributed by atoms with Crippen LogP contribution in [0.15, 0.2) is 47.6 Å². The van der Waals surface area contributed by atoms with Gasteiger partial charge in [0.1, 0.15) is 0 Å². The fraction of sp³-hybridized carbons (Fsp3) is 0.462. The first-order chi connectivity index (χ1) is 15.4. The minimum atomic E-state index is -0.279. The summed E-state index contributed by atoms with van der Waals surface area (Å²) in [4.78, 5) is 55.7. The zero-order chi connectivity index (χ0) is 22.0. The van der Waals surface area contributed by atoms with Crippen LogP contribution in [0.4, 0.5) is 11.4 Å². The van der Waals surface area contributed by atoms with Gasteiger partial charge < -0.3 is 0 Å². The lowest BCUT2D eigenvalue weighted by Gasteiger charge is -2.22. The van der Waals surface area contributed by atoms with Crippen molar-refractivity contribution < 1.29 is 19.2 Å². The van der Waals surface area contributed by atoms with Gasteiger partial charge in [-0.05, 0) is 68.6 Å². The minimum absolute atomic E-state index is 0.141. The third-order valence-electron chi connectivity index (χ3n) is 9.11. The third-order valence-corrected chi connectivity index (χ3v) is 9.11. The van der Waals surface area contributed by atoms with Gasteiger partial charge in [-0.2, -0.15) is 0 Å². The topological polar surface area (TPSA) is 74.8 Å². The SMILES string of the molecule is CC1=C[C@H]2C[C@H]1[C@@H]1C(=O)N(c3cccc(N4C(=O)[C@H]5[C@H](C4=O)[C@H]4C[C@H]5C=C4C)c3)C(=O)[C@@H]12. The van der Waals surface area contributed by atoms with Crippen molar-refractivity contribution in [2.45, 2.75) is 26.7 Å². The second kappa shape index (κ2) is 5.85. The van der Waals surface area contributed by atoms with Crippen molar-refractivity contribution in [1.29, 1.82) is 0 Å². The molecule has 0 unspecified atom stereocenters. The van der Waals surface area contributed by atoms with Crippen LogP contribution in [0.25, 0.3) is 0 Å². The number of anilines is 2. The first kappa shape index (κ1) is 18.5. The molecule has 6 aliphatic rings. The maximum absolute atomic E-state index is 13.3. The van der Waals surface area contributed by atoms with Gasteiger partial charge in [-0.25, -0.2) is 9.80 Å². The summed E-state index contributed by atoms with van der Waals surface area (Å²) in [6.07, 6.45) is 6.09. The lowest BCUT2D eigenvalue weighted by atomic mass is 9.82. The first-order valence-electron chi connectivity index (χ1n) is 11.6. The zero-order valence-corrected chi connectivity index (χ0v) is 18.0. The van der Waals surface area contributed by atoms with Gasteiger partial charge in [0.05, 0.1) is 35.0 Å². The van der Waals surface area contributed by atoms with Crippen LogP contribution in [-0.2, 0) is 19.2 Å². The van der Waals surface area contributed by atoms with Crippen LogP contribution in [0.3, 0.4) is 0 Å². The maximum atomic E-state index is 13.3. The van der Waals surface area contributed by atoms with Crippen LogP contribution in [0.1, 0.15) is 26.7 Å². The van der Waals surface area contributed by atoms with Crippen LogP contribution in [0.2, 0.25) is 0 Å². The Hall–Kier alpha value is -3.02. The number of fused-ring (bicyclic) bond motifs is 10. The summed E-state index contributed by atoms with van der Waals surface area (Å²) in [7, 11) is 0. The molecular formula is C26H24N2O4. The number of allylic oxidation sites excluding steroid dienone is 4. The summed E-state index contributed by atoms with van der Waals surface area (Å²) in [6.45, 7) is 4.10. The smallest absolute Gasteiger partial charge is 0.238 e. The van der Waals surface area contributed by atoms with Gasteiger partial charge in [0.15, 0.2) is 0 Å². The molecule has 0 aromatic heterocycles. The van der Waals surface area contributed by atoms with E-state index in [-0.39, 0.29) is 71.0 Å². The van der Waals surface area contributed by atoms with E-state index in [0.29, 0.717) is 11.4 Å². The number of carbonyl (C=O) groups is 4. The Morgan fingerprint density at radius 2 is 1.06 bits per heavy atom. The molecule has 7 rings (SSSR count). The van der Waals surface area contributed by atoms with Crippen LogP contribution < -0.4 is 9.80 Å². The molecule has 0 radical (unpaired) electrons. The average Bonchev–Trinajstić information content (AvgIpc) is 3.56. The molecule has 0 N–H and O–H groups in total. The van der Waals surface area contributed by atoms with E-state index in [1.807, 2.05) is 13.8 Å². The van der Waals surface area contributed by atoms with Crippen LogP contribution >= 0.6 is 0 Å². The maximum Gasteiger partial charge on any atom is 0.238 e. The van der Waals surface area contributed by atoms with E-state index in [0.717, 1.165) is 12.8 Å². The van der Waals surface area contributed by atoms with E-state index >= 15 is 0 Å². The Morgan fingerprint density at radius 1 is 0.656 bits per heavy atom. The van der Waals surface area contributed by atoms with Crippen LogP contribution in [0, 0.1) is 47.3 Å². The number of hydrogen-bond acceptors (Lipinski definition) is 4. The molecule has 4 amide bonds. The highest BCUT2D eigenvalue weighted by atomic mass is 16.2. The molecule has 4 bridgehead atoms. The Labute approximate surface area is 185 Å². The lowest BCUT2D eigenvalue weighted by molar-refractivity contribution is -0.124. The highest BCUT2D eigenvalue weighted by molar-refractivity contribution is 6.25. The molecule has 1 aromatic carbocycles. The van der Waals surface area contributed by atoms with Crippen molar-refractivity contribution in [1.82, 2.24) is 0 Å². The van der Waals surface area contributed by atoms with Gasteiger partial charge in [-0.3, -0.25) is 19.2 Å². The van der Waals surface area contributed by atoms with Gasteiger partial charge >= 0.3 is 0 Å². The quantitative estimate of drug-likeness (QED) is 0.536. The van der Waals surface area contributed by atoms with Gasteiger partial charge in [-0.1, -0.05) is 29.4 Å². The minimum Gasteiger partial charge on any atom is -0.274 e. The molecule has 2 saturated carbocycles. The molecule has 6 heteroatoms. The normalized spacial score (nSPS) is 41.1.